The molecule has 0 aliphatic carbocycles. The number of aromatic amines is 1. The van der Waals surface area contributed by atoms with Gasteiger partial charge in [0.25, 0.3) is 0 Å². The Balaban J connectivity index is 0.00000196. The Morgan fingerprint density at radius 3 is 2.73 bits per heavy atom. The van der Waals surface area contributed by atoms with Crippen molar-refractivity contribution in [2.45, 2.75) is 42.5 Å². The van der Waals surface area contributed by atoms with Crippen LogP contribution in [0.15, 0.2) is 30.3 Å². The SMILES string of the molecule is CC1(C)S[C@@H]2C(NC(=O)Cc3ccccc3)C(=O)N2C1c1nnn[nH]1.[NaH]. The molecule has 4 rings (SSSR count). The van der Waals surface area contributed by atoms with E-state index in [-0.39, 0.29) is 64.0 Å². The molecule has 3 atom stereocenters. The summed E-state index contributed by atoms with van der Waals surface area (Å²) in [5.74, 6) is 0.334. The number of H-pyrrole nitrogens is 1. The molecule has 1 aromatic carbocycles. The predicted molar refractivity (Wildman–Crippen MR) is 98.4 cm³/mol. The molecule has 1 aromatic heterocycles. The Kier molecular flexibility index (Phi) is 5.43. The fraction of sp³-hybridized carbons (Fsp3) is 0.438. The maximum absolute atomic E-state index is 12.6. The van der Waals surface area contributed by atoms with Crippen LogP contribution in [0.1, 0.15) is 31.3 Å². The zero-order chi connectivity index (χ0) is 17.6. The number of hydrogen-bond donors (Lipinski definition) is 2. The minimum atomic E-state index is -0.499. The van der Waals surface area contributed by atoms with E-state index in [1.165, 1.54) is 0 Å². The van der Waals surface area contributed by atoms with Crippen molar-refractivity contribution in [1.82, 2.24) is 30.8 Å². The topological polar surface area (TPSA) is 104 Å². The van der Waals surface area contributed by atoms with Gasteiger partial charge >= 0.3 is 29.6 Å². The number of thioether (sulfide) groups is 1. The van der Waals surface area contributed by atoms with Gasteiger partial charge < -0.3 is 10.2 Å². The van der Waals surface area contributed by atoms with Crippen LogP contribution in [0.2, 0.25) is 0 Å². The molecule has 0 bridgehead atoms. The summed E-state index contributed by atoms with van der Waals surface area (Å²) in [5.41, 5.74) is 0.925. The number of nitrogens with zero attached hydrogens (tertiary/aromatic N) is 4. The van der Waals surface area contributed by atoms with Crippen LogP contribution in [0.25, 0.3) is 0 Å². The number of carbonyl (C=O) groups excluding carboxylic acids is 2. The second-order valence-corrected chi connectivity index (χ2v) is 8.52. The van der Waals surface area contributed by atoms with Gasteiger partial charge in [-0.3, -0.25) is 9.59 Å². The Labute approximate surface area is 177 Å². The number of nitrogens with one attached hydrogen (secondary N) is 2. The third-order valence-corrected chi connectivity index (χ3v) is 6.16. The molecule has 2 aliphatic rings. The summed E-state index contributed by atoms with van der Waals surface area (Å²) in [4.78, 5) is 26.7. The zero-order valence-corrected chi connectivity index (χ0v) is 14.7. The van der Waals surface area contributed by atoms with E-state index in [0.717, 1.165) is 5.56 Å². The summed E-state index contributed by atoms with van der Waals surface area (Å²) >= 11 is 1.66. The molecule has 26 heavy (non-hydrogen) atoms. The van der Waals surface area contributed by atoms with E-state index in [0.29, 0.717) is 5.82 Å². The van der Waals surface area contributed by atoms with Crippen molar-refractivity contribution < 1.29 is 9.59 Å². The molecule has 8 nitrogen and oxygen atoms in total. The summed E-state index contributed by atoms with van der Waals surface area (Å²) < 4.78 is -0.250. The van der Waals surface area contributed by atoms with E-state index in [9.17, 15) is 9.59 Å². The summed E-state index contributed by atoms with van der Waals surface area (Å²) in [6.07, 6.45) is 0.265. The van der Waals surface area contributed by atoms with Gasteiger partial charge in [-0.15, -0.1) is 16.9 Å². The molecule has 0 radical (unpaired) electrons. The molecule has 132 valence electrons. The maximum atomic E-state index is 12.6. The Morgan fingerprint density at radius 2 is 2.08 bits per heavy atom. The van der Waals surface area contributed by atoms with E-state index in [1.807, 2.05) is 30.3 Å². The standard InChI is InChI=1S/C16H18N6O2S.Na.H/c1-16(2)12(13-18-20-21-19-13)22-14(24)11(15(22)25-16)17-10(23)8-9-6-4-3-5-7-9;;/h3-7,11-12,15H,8H2,1-2H3,(H,17,23)(H,18,19,20,21);;/t11?,12?,15-;;/m1../s1. The Bertz CT molecular complexity index is 800. The minimum absolute atomic E-state index is 0. The van der Waals surface area contributed by atoms with E-state index in [2.05, 4.69) is 39.8 Å². The van der Waals surface area contributed by atoms with Crippen LogP contribution in [0.5, 0.6) is 0 Å². The number of fused-ring (bicyclic) bond motifs is 1. The number of hydrogen-bond acceptors (Lipinski definition) is 6. The van der Waals surface area contributed by atoms with Crippen LogP contribution in [-0.2, 0) is 16.0 Å². The summed E-state index contributed by atoms with van der Waals surface area (Å²) in [5, 5.41) is 16.8. The molecule has 2 aromatic rings. The number of benzene rings is 1. The molecule has 2 amide bonds. The molecule has 0 saturated carbocycles. The number of carbonyl (C=O) groups is 2. The molecule has 2 aliphatic heterocycles. The monoisotopic (exact) mass is 382 g/mol. The van der Waals surface area contributed by atoms with Gasteiger partial charge in [-0.2, -0.15) is 0 Å². The Morgan fingerprint density at radius 1 is 1.35 bits per heavy atom. The summed E-state index contributed by atoms with van der Waals surface area (Å²) in [7, 11) is 0. The van der Waals surface area contributed by atoms with Crippen molar-refractivity contribution in [1.29, 1.82) is 0 Å². The van der Waals surface area contributed by atoms with E-state index < -0.39 is 6.04 Å². The van der Waals surface area contributed by atoms with Crippen molar-refractivity contribution in [3.8, 4) is 0 Å². The van der Waals surface area contributed by atoms with Gasteiger partial charge in [0.05, 0.1) is 6.42 Å². The van der Waals surface area contributed by atoms with Crippen molar-refractivity contribution in [3.63, 3.8) is 0 Å². The third-order valence-electron chi connectivity index (χ3n) is 4.59. The van der Waals surface area contributed by atoms with Crippen molar-refractivity contribution >= 4 is 53.1 Å². The van der Waals surface area contributed by atoms with Gasteiger partial charge in [-0.05, 0) is 29.8 Å². The first-order chi connectivity index (χ1) is 12.0. The molecular formula is C16H19N6NaO2S. The van der Waals surface area contributed by atoms with Crippen LogP contribution < -0.4 is 5.32 Å². The average molecular weight is 382 g/mol. The first kappa shape index (κ1) is 19.3. The van der Waals surface area contributed by atoms with Crippen LogP contribution in [-0.4, -0.2) is 83.1 Å². The molecule has 2 fully saturated rings. The van der Waals surface area contributed by atoms with Crippen LogP contribution >= 0.6 is 11.8 Å². The fourth-order valence-corrected chi connectivity index (χ4v) is 5.11. The molecule has 2 unspecified atom stereocenters. The molecular weight excluding hydrogens is 363 g/mol. The molecule has 3 heterocycles. The Hall–Kier alpha value is -1.42. The number of β-lactam (4-membered cyclic amide) rings is 1. The number of amides is 2. The fourth-order valence-electron chi connectivity index (χ4n) is 3.48. The van der Waals surface area contributed by atoms with E-state index >= 15 is 0 Å². The van der Waals surface area contributed by atoms with Crippen molar-refractivity contribution in [2.75, 3.05) is 0 Å². The van der Waals surface area contributed by atoms with Crippen LogP contribution in [0.4, 0.5) is 0 Å². The average Bonchev–Trinajstić information content (AvgIpc) is 3.18. The van der Waals surface area contributed by atoms with Gasteiger partial charge in [0, 0.05) is 4.75 Å². The van der Waals surface area contributed by atoms with Gasteiger partial charge in [-0.25, -0.2) is 5.10 Å². The van der Waals surface area contributed by atoms with Crippen LogP contribution in [0, 0.1) is 0 Å². The third kappa shape index (κ3) is 3.28. The van der Waals surface area contributed by atoms with Crippen molar-refractivity contribution in [3.05, 3.63) is 41.7 Å². The van der Waals surface area contributed by atoms with Crippen molar-refractivity contribution in [2.24, 2.45) is 0 Å². The van der Waals surface area contributed by atoms with E-state index in [1.54, 1.807) is 16.7 Å². The number of rotatable bonds is 4. The quantitative estimate of drug-likeness (QED) is 0.570. The zero-order valence-electron chi connectivity index (χ0n) is 13.8. The number of tetrazole rings is 1. The van der Waals surface area contributed by atoms with Gasteiger partial charge in [0.2, 0.25) is 11.8 Å². The first-order valence-electron chi connectivity index (χ1n) is 8.04. The first-order valence-corrected chi connectivity index (χ1v) is 8.92. The van der Waals surface area contributed by atoms with Gasteiger partial charge in [0.1, 0.15) is 17.5 Å². The normalized spacial score (nSPS) is 25.8. The van der Waals surface area contributed by atoms with Gasteiger partial charge in [0.15, 0.2) is 5.82 Å². The summed E-state index contributed by atoms with van der Waals surface area (Å²) in [6, 6.07) is 8.76. The molecule has 2 N–H and O–H groups in total. The molecule has 2 saturated heterocycles. The summed E-state index contributed by atoms with van der Waals surface area (Å²) in [6.45, 7) is 4.11. The van der Waals surface area contributed by atoms with Gasteiger partial charge in [-0.1, -0.05) is 30.3 Å². The molecule has 0 spiro atoms. The number of aromatic nitrogens is 4. The molecule has 10 heteroatoms. The van der Waals surface area contributed by atoms with E-state index in [4.69, 9.17) is 0 Å². The van der Waals surface area contributed by atoms with Crippen LogP contribution in [0.3, 0.4) is 0 Å². The predicted octanol–water partition coefficient (Wildman–Crippen LogP) is 0.0135. The second kappa shape index (κ2) is 7.30. The second-order valence-electron chi connectivity index (χ2n) is 6.75.